The Morgan fingerprint density at radius 2 is 1.94 bits per heavy atom. The van der Waals surface area contributed by atoms with Crippen LogP contribution in [0.3, 0.4) is 0 Å². The quantitative estimate of drug-likeness (QED) is 0.745. The zero-order valence-electron chi connectivity index (χ0n) is 9.72. The van der Waals surface area contributed by atoms with E-state index in [1.807, 2.05) is 0 Å². The Morgan fingerprint density at radius 3 is 2.44 bits per heavy atom. The summed E-state index contributed by atoms with van der Waals surface area (Å²) in [4.78, 5) is 22.2. The number of halogens is 1. The maximum Gasteiger partial charge on any atom is 0.272 e. The fourth-order valence-corrected chi connectivity index (χ4v) is 1.30. The monoisotopic (exact) mass is 229 g/mol. The van der Waals surface area contributed by atoms with Gasteiger partial charge in [0.15, 0.2) is 5.75 Å². The molecule has 16 heavy (non-hydrogen) atoms. The van der Waals surface area contributed by atoms with Gasteiger partial charge in [0.2, 0.25) is 0 Å². The van der Waals surface area contributed by atoms with Crippen LogP contribution in [0.1, 0.15) is 27.2 Å². The molecule has 0 spiro atoms. The van der Waals surface area contributed by atoms with Gasteiger partial charge in [0, 0.05) is 6.54 Å². The fourth-order valence-electron chi connectivity index (χ4n) is 1.30. The zero-order chi connectivity index (χ0) is 12.3. The van der Waals surface area contributed by atoms with Gasteiger partial charge < -0.3 is 10.1 Å². The van der Waals surface area contributed by atoms with Crippen LogP contribution in [0.15, 0.2) is 9.59 Å². The first-order valence-electron chi connectivity index (χ1n) is 5.25. The fraction of sp³-hybridized carbons (Fsp3) is 0.636. The van der Waals surface area contributed by atoms with Crippen LogP contribution in [0.2, 0.25) is 0 Å². The van der Waals surface area contributed by atoms with Crippen molar-refractivity contribution in [2.24, 2.45) is 0 Å². The second kappa shape index (κ2) is 4.63. The van der Waals surface area contributed by atoms with Gasteiger partial charge in [-0.2, -0.15) is 0 Å². The molecule has 0 saturated carbocycles. The Hall–Kier alpha value is -1.39. The molecule has 0 unspecified atom stereocenters. The molecule has 1 rings (SSSR count). The van der Waals surface area contributed by atoms with Crippen molar-refractivity contribution in [1.29, 1.82) is 0 Å². The highest BCUT2D eigenvalue weighted by atomic mass is 19.1. The topological polar surface area (TPSA) is 55.4 Å². The molecule has 5 heteroatoms. The van der Waals surface area contributed by atoms with Gasteiger partial charge in [-0.3, -0.25) is 9.59 Å². The molecular formula is C11H16FNO3. The molecule has 0 aliphatic carbocycles. The van der Waals surface area contributed by atoms with Crippen LogP contribution < -0.4 is 20.9 Å². The summed E-state index contributed by atoms with van der Waals surface area (Å²) < 4.78 is 18.2. The summed E-state index contributed by atoms with van der Waals surface area (Å²) >= 11 is 0. The van der Waals surface area contributed by atoms with Gasteiger partial charge in [0.1, 0.15) is 11.4 Å². The van der Waals surface area contributed by atoms with E-state index in [-0.39, 0.29) is 17.9 Å². The molecule has 4 nitrogen and oxygen atoms in total. The summed E-state index contributed by atoms with van der Waals surface area (Å²) in [6, 6.07) is 0. The van der Waals surface area contributed by atoms with Gasteiger partial charge in [-0.25, -0.2) is 4.39 Å². The highest BCUT2D eigenvalue weighted by molar-refractivity contribution is 5.61. The van der Waals surface area contributed by atoms with E-state index in [1.165, 1.54) is 13.8 Å². The minimum absolute atomic E-state index is 0.0733. The first kappa shape index (κ1) is 12.7. The molecule has 0 fully saturated rings. The van der Waals surface area contributed by atoms with Crippen molar-refractivity contribution in [2.45, 2.75) is 32.9 Å². The third-order valence-electron chi connectivity index (χ3n) is 2.18. The molecule has 0 aliphatic heterocycles. The van der Waals surface area contributed by atoms with Crippen molar-refractivity contribution >= 4 is 5.69 Å². The van der Waals surface area contributed by atoms with Gasteiger partial charge in [0.05, 0.1) is 6.61 Å². The largest absolute Gasteiger partial charge is 0.488 e. The van der Waals surface area contributed by atoms with E-state index in [2.05, 4.69) is 5.32 Å². The molecule has 0 bridgehead atoms. The molecule has 0 saturated heterocycles. The Bertz CT molecular complexity index is 427. The molecule has 1 aromatic carbocycles. The molecular weight excluding hydrogens is 213 g/mol. The van der Waals surface area contributed by atoms with Crippen molar-refractivity contribution in [2.75, 3.05) is 18.5 Å². The molecule has 1 aromatic rings. The van der Waals surface area contributed by atoms with E-state index in [4.69, 9.17) is 4.74 Å². The lowest BCUT2D eigenvalue weighted by atomic mass is 10.1. The van der Waals surface area contributed by atoms with Crippen LogP contribution >= 0.6 is 0 Å². The van der Waals surface area contributed by atoms with E-state index in [1.54, 1.807) is 6.92 Å². The normalized spacial score (nSPS) is 11.8. The summed E-state index contributed by atoms with van der Waals surface area (Å²) in [5.74, 6) is 0.0733. The van der Waals surface area contributed by atoms with Crippen molar-refractivity contribution in [1.82, 2.24) is 0 Å². The Morgan fingerprint density at radius 1 is 1.31 bits per heavy atom. The number of rotatable bonds is 6. The molecule has 0 aromatic heterocycles. The average Bonchev–Trinajstić information content (AvgIpc) is 2.20. The molecule has 0 heterocycles. The maximum absolute atomic E-state index is 13.1. The maximum atomic E-state index is 13.1. The summed E-state index contributed by atoms with van der Waals surface area (Å²) in [7, 11) is 0. The third kappa shape index (κ3) is 2.81. The Labute approximate surface area is 93.1 Å². The van der Waals surface area contributed by atoms with E-state index in [0.29, 0.717) is 13.2 Å². The number of anilines is 1. The lowest BCUT2D eigenvalue weighted by Gasteiger charge is -2.16. The van der Waals surface area contributed by atoms with Crippen LogP contribution in [0.4, 0.5) is 10.1 Å². The number of hydrogen-bond donors (Lipinski definition) is 1. The Balaban J connectivity index is 2.58. The third-order valence-corrected chi connectivity index (χ3v) is 2.18. The summed E-state index contributed by atoms with van der Waals surface area (Å²) in [5, 5.41) is 2.73. The predicted octanol–water partition coefficient (Wildman–Crippen LogP) is 1.23. The van der Waals surface area contributed by atoms with Crippen LogP contribution in [0.25, 0.3) is 0 Å². The lowest BCUT2D eigenvalue weighted by Crippen LogP contribution is -2.36. The van der Waals surface area contributed by atoms with Crippen molar-refractivity contribution in [3.8, 4) is 5.75 Å². The first-order valence-corrected chi connectivity index (χ1v) is 5.25. The summed E-state index contributed by atoms with van der Waals surface area (Å²) in [5.41, 5.74) is -2.31. The van der Waals surface area contributed by atoms with Gasteiger partial charge in [0.25, 0.3) is 10.9 Å². The standard InChI is InChI=1S/C11H16FNO3/c1-4-16-10-7(8(14)9(10)15)13-6-5-11(2,3)12/h13H,4-6H2,1-3H3. The van der Waals surface area contributed by atoms with Crippen LogP contribution in [0, 0.1) is 0 Å². The highest BCUT2D eigenvalue weighted by Crippen LogP contribution is 2.19. The number of alkyl halides is 1. The van der Waals surface area contributed by atoms with Crippen LogP contribution in [0.5, 0.6) is 5.75 Å². The van der Waals surface area contributed by atoms with E-state index in [9.17, 15) is 14.0 Å². The zero-order valence-corrected chi connectivity index (χ0v) is 9.72. The van der Waals surface area contributed by atoms with E-state index < -0.39 is 16.5 Å². The SMILES string of the molecule is CCOc1c(NCCC(C)(C)F)c(=O)c1=O. The smallest absolute Gasteiger partial charge is 0.272 e. The predicted molar refractivity (Wildman–Crippen MR) is 60.8 cm³/mol. The minimum Gasteiger partial charge on any atom is -0.488 e. The van der Waals surface area contributed by atoms with Crippen LogP contribution in [-0.2, 0) is 0 Å². The minimum atomic E-state index is -1.30. The van der Waals surface area contributed by atoms with Crippen molar-refractivity contribution < 1.29 is 9.13 Å². The Kier molecular flexibility index (Phi) is 3.67. The second-order valence-electron chi connectivity index (χ2n) is 4.19. The number of nitrogens with one attached hydrogen (secondary N) is 1. The molecule has 1 N–H and O–H groups in total. The average molecular weight is 229 g/mol. The molecule has 0 amide bonds. The number of ether oxygens (including phenoxy) is 1. The molecule has 0 radical (unpaired) electrons. The van der Waals surface area contributed by atoms with Crippen LogP contribution in [-0.4, -0.2) is 18.8 Å². The summed E-state index contributed by atoms with van der Waals surface area (Å²) in [6.07, 6.45) is 0.261. The molecule has 0 aliphatic rings. The number of hydrogen-bond acceptors (Lipinski definition) is 4. The highest BCUT2D eigenvalue weighted by Gasteiger charge is 2.23. The summed E-state index contributed by atoms with van der Waals surface area (Å²) in [6.45, 7) is 5.27. The molecule has 0 atom stereocenters. The van der Waals surface area contributed by atoms with Gasteiger partial charge >= 0.3 is 0 Å². The van der Waals surface area contributed by atoms with Crippen molar-refractivity contribution in [3.05, 3.63) is 20.4 Å². The van der Waals surface area contributed by atoms with E-state index in [0.717, 1.165) is 0 Å². The van der Waals surface area contributed by atoms with Gasteiger partial charge in [-0.15, -0.1) is 0 Å². The van der Waals surface area contributed by atoms with E-state index >= 15 is 0 Å². The van der Waals surface area contributed by atoms with Crippen molar-refractivity contribution in [3.63, 3.8) is 0 Å². The molecule has 90 valence electrons. The lowest BCUT2D eigenvalue weighted by molar-refractivity contribution is 0.207. The second-order valence-corrected chi connectivity index (χ2v) is 4.19. The van der Waals surface area contributed by atoms with Gasteiger partial charge in [-0.1, -0.05) is 0 Å². The first-order chi connectivity index (χ1) is 7.37. The van der Waals surface area contributed by atoms with Gasteiger partial charge in [-0.05, 0) is 27.2 Å².